The van der Waals surface area contributed by atoms with Crippen LogP contribution in [0.5, 0.6) is 0 Å². The lowest BCUT2D eigenvalue weighted by Crippen LogP contribution is -2.26. The molecule has 1 rings (SSSR count). The highest BCUT2D eigenvalue weighted by molar-refractivity contribution is 5.75. The Morgan fingerprint density at radius 2 is 2.05 bits per heavy atom. The van der Waals surface area contributed by atoms with Gasteiger partial charge in [-0.25, -0.2) is 8.78 Å². The summed E-state index contributed by atoms with van der Waals surface area (Å²) in [5.41, 5.74) is 6.18. The van der Waals surface area contributed by atoms with E-state index in [4.69, 9.17) is 5.73 Å². The Morgan fingerprint density at radius 3 is 2.63 bits per heavy atom. The first-order valence-electron chi connectivity index (χ1n) is 6.33. The first-order valence-corrected chi connectivity index (χ1v) is 6.33. The SMILES string of the molecule is CC(N)CCCC(=O)N(C)Cc1ccc(F)c(F)c1. The van der Waals surface area contributed by atoms with Crippen LogP contribution in [0.4, 0.5) is 8.78 Å². The van der Waals surface area contributed by atoms with Gasteiger partial charge >= 0.3 is 0 Å². The minimum Gasteiger partial charge on any atom is -0.341 e. The molecule has 0 aliphatic carbocycles. The summed E-state index contributed by atoms with van der Waals surface area (Å²) in [6.07, 6.45) is 1.95. The molecule has 1 atom stereocenters. The average Bonchev–Trinajstić information content (AvgIpc) is 2.33. The highest BCUT2D eigenvalue weighted by Gasteiger charge is 2.11. The zero-order chi connectivity index (χ0) is 14.4. The van der Waals surface area contributed by atoms with Crippen LogP contribution in [-0.4, -0.2) is 23.9 Å². The van der Waals surface area contributed by atoms with Crippen LogP contribution >= 0.6 is 0 Å². The molecule has 5 heteroatoms. The summed E-state index contributed by atoms with van der Waals surface area (Å²) in [4.78, 5) is 13.3. The Bertz CT molecular complexity index is 435. The highest BCUT2D eigenvalue weighted by Crippen LogP contribution is 2.11. The van der Waals surface area contributed by atoms with E-state index in [0.717, 1.165) is 25.0 Å². The summed E-state index contributed by atoms with van der Waals surface area (Å²) < 4.78 is 25.8. The van der Waals surface area contributed by atoms with E-state index in [2.05, 4.69) is 0 Å². The molecule has 2 N–H and O–H groups in total. The Balaban J connectivity index is 2.47. The molecule has 0 heterocycles. The van der Waals surface area contributed by atoms with Crippen molar-refractivity contribution in [3.63, 3.8) is 0 Å². The number of benzene rings is 1. The third-order valence-corrected chi connectivity index (χ3v) is 2.88. The van der Waals surface area contributed by atoms with Gasteiger partial charge in [0.05, 0.1) is 0 Å². The van der Waals surface area contributed by atoms with E-state index >= 15 is 0 Å². The lowest BCUT2D eigenvalue weighted by molar-refractivity contribution is -0.130. The molecule has 0 spiro atoms. The van der Waals surface area contributed by atoms with Gasteiger partial charge in [-0.3, -0.25) is 4.79 Å². The van der Waals surface area contributed by atoms with Crippen LogP contribution in [0.1, 0.15) is 31.7 Å². The number of halogens is 2. The van der Waals surface area contributed by atoms with Crippen molar-refractivity contribution in [3.05, 3.63) is 35.4 Å². The number of nitrogens with two attached hydrogens (primary N) is 1. The third-order valence-electron chi connectivity index (χ3n) is 2.88. The Kier molecular flexibility index (Phi) is 5.89. The lowest BCUT2D eigenvalue weighted by Gasteiger charge is -2.17. The molecule has 0 saturated heterocycles. The zero-order valence-corrected chi connectivity index (χ0v) is 11.3. The molecule has 0 aliphatic rings. The Morgan fingerprint density at radius 1 is 1.37 bits per heavy atom. The first kappa shape index (κ1) is 15.6. The summed E-state index contributed by atoms with van der Waals surface area (Å²) in [5.74, 6) is -1.80. The second kappa shape index (κ2) is 7.19. The molecule has 0 bridgehead atoms. The van der Waals surface area contributed by atoms with Crippen molar-refractivity contribution in [2.24, 2.45) is 5.73 Å². The maximum Gasteiger partial charge on any atom is 0.222 e. The smallest absolute Gasteiger partial charge is 0.222 e. The molecular formula is C14H20F2N2O. The number of amides is 1. The van der Waals surface area contributed by atoms with E-state index in [1.54, 1.807) is 7.05 Å². The quantitative estimate of drug-likeness (QED) is 0.863. The number of nitrogens with zero attached hydrogens (tertiary/aromatic N) is 1. The van der Waals surface area contributed by atoms with Gasteiger partial charge in [-0.2, -0.15) is 0 Å². The summed E-state index contributed by atoms with van der Waals surface area (Å²) >= 11 is 0. The zero-order valence-electron chi connectivity index (χ0n) is 11.3. The van der Waals surface area contributed by atoms with Crippen molar-refractivity contribution in [1.29, 1.82) is 0 Å². The van der Waals surface area contributed by atoms with Crippen LogP contribution in [-0.2, 0) is 11.3 Å². The second-order valence-electron chi connectivity index (χ2n) is 4.87. The molecule has 0 saturated carbocycles. The molecule has 106 valence electrons. The van der Waals surface area contributed by atoms with Crippen LogP contribution in [0.15, 0.2) is 18.2 Å². The van der Waals surface area contributed by atoms with Gasteiger partial charge in [0.1, 0.15) is 0 Å². The molecule has 0 fully saturated rings. The lowest BCUT2D eigenvalue weighted by atomic mass is 10.1. The predicted molar refractivity (Wildman–Crippen MR) is 70.3 cm³/mol. The van der Waals surface area contributed by atoms with Gasteiger partial charge in [-0.15, -0.1) is 0 Å². The van der Waals surface area contributed by atoms with E-state index in [1.807, 2.05) is 6.92 Å². The Labute approximate surface area is 112 Å². The highest BCUT2D eigenvalue weighted by atomic mass is 19.2. The number of hydrogen-bond donors (Lipinski definition) is 1. The number of carbonyl (C=O) groups excluding carboxylic acids is 1. The normalized spacial score (nSPS) is 12.3. The summed E-state index contributed by atoms with van der Waals surface area (Å²) in [6, 6.07) is 3.74. The molecular weight excluding hydrogens is 250 g/mol. The maximum absolute atomic E-state index is 13.0. The van der Waals surface area contributed by atoms with Crippen molar-refractivity contribution < 1.29 is 13.6 Å². The monoisotopic (exact) mass is 270 g/mol. The second-order valence-corrected chi connectivity index (χ2v) is 4.87. The topological polar surface area (TPSA) is 46.3 Å². The van der Waals surface area contributed by atoms with Crippen LogP contribution < -0.4 is 5.73 Å². The fraction of sp³-hybridized carbons (Fsp3) is 0.500. The standard InChI is InChI=1S/C14H20F2N2O/c1-10(17)4-3-5-14(19)18(2)9-11-6-7-12(15)13(16)8-11/h6-8,10H,3-5,9,17H2,1-2H3. The fourth-order valence-electron chi connectivity index (χ4n) is 1.77. The van der Waals surface area contributed by atoms with Crippen LogP contribution in [0.2, 0.25) is 0 Å². The molecule has 1 unspecified atom stereocenters. The minimum atomic E-state index is -0.893. The van der Waals surface area contributed by atoms with Crippen molar-refractivity contribution >= 4 is 5.91 Å². The molecule has 0 radical (unpaired) electrons. The van der Waals surface area contributed by atoms with E-state index in [9.17, 15) is 13.6 Å². The molecule has 1 amide bonds. The Hall–Kier alpha value is -1.49. The molecule has 0 aromatic heterocycles. The molecule has 1 aromatic rings. The summed E-state index contributed by atoms with van der Waals surface area (Å²) in [6.45, 7) is 2.17. The minimum absolute atomic E-state index is 0.0228. The van der Waals surface area contributed by atoms with Gasteiger partial charge in [-0.1, -0.05) is 6.07 Å². The van der Waals surface area contributed by atoms with Gasteiger partial charge in [0, 0.05) is 26.1 Å². The number of hydrogen-bond acceptors (Lipinski definition) is 2. The first-order chi connectivity index (χ1) is 8.90. The van der Waals surface area contributed by atoms with Crippen molar-refractivity contribution in [2.75, 3.05) is 7.05 Å². The van der Waals surface area contributed by atoms with Crippen molar-refractivity contribution in [3.8, 4) is 0 Å². The van der Waals surface area contributed by atoms with Gasteiger partial charge < -0.3 is 10.6 Å². The van der Waals surface area contributed by atoms with Gasteiger partial charge in [0.25, 0.3) is 0 Å². The molecule has 19 heavy (non-hydrogen) atoms. The van der Waals surface area contributed by atoms with Gasteiger partial charge in [-0.05, 0) is 37.5 Å². The van der Waals surface area contributed by atoms with Crippen LogP contribution in [0, 0.1) is 11.6 Å². The van der Waals surface area contributed by atoms with E-state index in [-0.39, 0.29) is 18.5 Å². The number of rotatable bonds is 6. The number of carbonyl (C=O) groups is 1. The molecule has 0 aliphatic heterocycles. The maximum atomic E-state index is 13.0. The van der Waals surface area contributed by atoms with Crippen LogP contribution in [0.25, 0.3) is 0 Å². The third kappa shape index (κ3) is 5.34. The van der Waals surface area contributed by atoms with E-state index in [1.165, 1.54) is 11.0 Å². The van der Waals surface area contributed by atoms with E-state index < -0.39 is 11.6 Å². The fourth-order valence-corrected chi connectivity index (χ4v) is 1.77. The molecule has 1 aromatic carbocycles. The van der Waals surface area contributed by atoms with Crippen LogP contribution in [0.3, 0.4) is 0 Å². The summed E-state index contributed by atoms with van der Waals surface area (Å²) in [5, 5.41) is 0. The predicted octanol–water partition coefficient (Wildman–Crippen LogP) is 2.44. The molecule has 3 nitrogen and oxygen atoms in total. The average molecular weight is 270 g/mol. The summed E-state index contributed by atoms with van der Waals surface area (Å²) in [7, 11) is 1.65. The largest absolute Gasteiger partial charge is 0.341 e. The van der Waals surface area contributed by atoms with Crippen molar-refractivity contribution in [2.45, 2.75) is 38.8 Å². The van der Waals surface area contributed by atoms with Gasteiger partial charge in [0.15, 0.2) is 11.6 Å². The van der Waals surface area contributed by atoms with Crippen molar-refractivity contribution in [1.82, 2.24) is 4.90 Å². The van der Waals surface area contributed by atoms with Gasteiger partial charge in [0.2, 0.25) is 5.91 Å². The van der Waals surface area contributed by atoms with E-state index in [0.29, 0.717) is 12.0 Å².